The molecule has 0 saturated heterocycles. The van der Waals surface area contributed by atoms with Gasteiger partial charge in [-0.1, -0.05) is 31.5 Å². The number of hydrogen-bond acceptors (Lipinski definition) is 9. The summed E-state index contributed by atoms with van der Waals surface area (Å²) < 4.78 is 11.1. The highest BCUT2D eigenvalue weighted by molar-refractivity contribution is 7.92. The second kappa shape index (κ2) is 12.5. The molecule has 0 aliphatic rings. The number of carbonyl (C=O) groups is 1. The van der Waals surface area contributed by atoms with Gasteiger partial charge in [-0.25, -0.2) is 9.97 Å². The standard InChI is InChI=1S/C23H28N4O3S2/c1-3-17(13-30-32-24)8-9-26-23-19(11-25-15-27-23)22(28)21-10-18(14-31-21)12-29-20-7-5-4-6-16(20)2/h4-7,10-11,14-15,17H,3,8-9,12-13,24H2,1-2H3,(H,25,26,27). The predicted molar refractivity (Wildman–Crippen MR) is 130 cm³/mol. The lowest BCUT2D eigenvalue weighted by Gasteiger charge is -2.15. The van der Waals surface area contributed by atoms with Crippen LogP contribution in [0.3, 0.4) is 0 Å². The van der Waals surface area contributed by atoms with Crippen molar-refractivity contribution in [3.8, 4) is 5.75 Å². The minimum Gasteiger partial charge on any atom is -0.489 e. The molecule has 3 aromatic rings. The van der Waals surface area contributed by atoms with E-state index in [1.807, 2.05) is 42.6 Å². The molecule has 1 aromatic carbocycles. The van der Waals surface area contributed by atoms with Crippen molar-refractivity contribution in [2.24, 2.45) is 11.1 Å². The summed E-state index contributed by atoms with van der Waals surface area (Å²) in [6.07, 6.45) is 4.88. The second-order valence-electron chi connectivity index (χ2n) is 7.36. The van der Waals surface area contributed by atoms with Crippen LogP contribution in [0.2, 0.25) is 0 Å². The first-order chi connectivity index (χ1) is 15.6. The maximum absolute atomic E-state index is 13.1. The highest BCUT2D eigenvalue weighted by Gasteiger charge is 2.18. The van der Waals surface area contributed by atoms with E-state index in [1.165, 1.54) is 17.7 Å². The van der Waals surface area contributed by atoms with E-state index in [0.29, 0.717) is 41.9 Å². The van der Waals surface area contributed by atoms with Gasteiger partial charge in [0.25, 0.3) is 0 Å². The van der Waals surface area contributed by atoms with Crippen LogP contribution < -0.4 is 15.2 Å². The topological polar surface area (TPSA) is 99.4 Å². The number of carbonyl (C=O) groups excluding carboxylic acids is 1. The lowest BCUT2D eigenvalue weighted by atomic mass is 10.0. The zero-order valence-electron chi connectivity index (χ0n) is 18.2. The highest BCUT2D eigenvalue weighted by Crippen LogP contribution is 2.24. The van der Waals surface area contributed by atoms with E-state index >= 15 is 0 Å². The van der Waals surface area contributed by atoms with E-state index in [9.17, 15) is 4.79 Å². The Labute approximate surface area is 197 Å². The SMILES string of the molecule is CCC(CCNc1ncncc1C(=O)c1cc(COc2ccccc2C)cs1)COSN. The number of nitrogens with one attached hydrogen (secondary N) is 1. The quantitative estimate of drug-likeness (QED) is 0.203. The molecular weight excluding hydrogens is 444 g/mol. The van der Waals surface area contributed by atoms with Gasteiger partial charge in [0.2, 0.25) is 5.78 Å². The maximum Gasteiger partial charge on any atom is 0.208 e. The molecule has 0 radical (unpaired) electrons. The van der Waals surface area contributed by atoms with Crippen molar-refractivity contribution in [1.29, 1.82) is 0 Å². The van der Waals surface area contributed by atoms with Gasteiger partial charge in [-0.2, -0.15) is 0 Å². The number of ketones is 1. The first-order valence-corrected chi connectivity index (χ1v) is 12.1. The molecular formula is C23H28N4O3S2. The zero-order chi connectivity index (χ0) is 22.8. The van der Waals surface area contributed by atoms with E-state index in [4.69, 9.17) is 14.1 Å². The van der Waals surface area contributed by atoms with E-state index in [2.05, 4.69) is 22.2 Å². The Bertz CT molecular complexity index is 1010. The van der Waals surface area contributed by atoms with E-state index in [0.717, 1.165) is 41.9 Å². The summed E-state index contributed by atoms with van der Waals surface area (Å²) in [6, 6.07) is 9.75. The highest BCUT2D eigenvalue weighted by atomic mass is 32.2. The minimum absolute atomic E-state index is 0.102. The Morgan fingerprint density at radius 3 is 2.97 bits per heavy atom. The van der Waals surface area contributed by atoms with Crippen LogP contribution in [0.5, 0.6) is 5.75 Å². The Kier molecular flexibility index (Phi) is 9.48. The largest absolute Gasteiger partial charge is 0.489 e. The van der Waals surface area contributed by atoms with Gasteiger partial charge >= 0.3 is 0 Å². The van der Waals surface area contributed by atoms with Crippen molar-refractivity contribution in [3.63, 3.8) is 0 Å². The molecule has 9 heteroatoms. The Hall–Kier alpha value is -2.46. The Morgan fingerprint density at radius 1 is 1.34 bits per heavy atom. The fourth-order valence-electron chi connectivity index (χ4n) is 3.15. The van der Waals surface area contributed by atoms with Crippen molar-refractivity contribution in [1.82, 2.24) is 9.97 Å². The van der Waals surface area contributed by atoms with Gasteiger partial charge in [0.05, 0.1) is 29.3 Å². The molecule has 0 bridgehead atoms. The smallest absolute Gasteiger partial charge is 0.208 e. The monoisotopic (exact) mass is 472 g/mol. The number of hydrogen-bond donors (Lipinski definition) is 2. The van der Waals surface area contributed by atoms with Crippen molar-refractivity contribution in [2.45, 2.75) is 33.3 Å². The average Bonchev–Trinajstić information content (AvgIpc) is 3.29. The maximum atomic E-state index is 13.1. The van der Waals surface area contributed by atoms with Crippen LogP contribution in [0.25, 0.3) is 0 Å². The average molecular weight is 473 g/mol. The van der Waals surface area contributed by atoms with Gasteiger partial charge in [-0.15, -0.1) is 11.3 Å². The molecule has 0 amide bonds. The van der Waals surface area contributed by atoms with Crippen LogP contribution >= 0.6 is 23.6 Å². The third-order valence-corrected chi connectivity index (χ3v) is 6.37. The molecule has 0 aliphatic heterocycles. The summed E-state index contributed by atoms with van der Waals surface area (Å²) in [5.74, 6) is 1.67. The van der Waals surface area contributed by atoms with Crippen LogP contribution in [0.15, 0.2) is 48.2 Å². The first-order valence-electron chi connectivity index (χ1n) is 10.4. The van der Waals surface area contributed by atoms with Crippen LogP contribution in [-0.2, 0) is 10.8 Å². The number of ether oxygens (including phenoxy) is 1. The molecule has 1 atom stereocenters. The van der Waals surface area contributed by atoms with E-state index < -0.39 is 0 Å². The summed E-state index contributed by atoms with van der Waals surface area (Å²) in [5, 5.41) is 10.6. The van der Waals surface area contributed by atoms with Crippen molar-refractivity contribution in [2.75, 3.05) is 18.5 Å². The number of aryl methyl sites for hydroxylation is 1. The third-order valence-electron chi connectivity index (χ3n) is 5.12. The number of para-hydroxylation sites is 1. The molecule has 3 N–H and O–H groups in total. The normalized spacial score (nSPS) is 11.8. The third kappa shape index (κ3) is 6.77. The number of anilines is 1. The van der Waals surface area contributed by atoms with Crippen LogP contribution in [0.1, 0.15) is 46.1 Å². The van der Waals surface area contributed by atoms with Gasteiger partial charge in [-0.3, -0.25) is 9.93 Å². The molecule has 7 nitrogen and oxygen atoms in total. The number of nitrogens with zero attached hydrogens (tertiary/aromatic N) is 2. The second-order valence-corrected chi connectivity index (χ2v) is 8.70. The summed E-state index contributed by atoms with van der Waals surface area (Å²) in [5.41, 5.74) is 2.49. The molecule has 170 valence electrons. The molecule has 1 unspecified atom stereocenters. The number of thiophene rings is 1. The molecule has 0 aliphatic carbocycles. The summed E-state index contributed by atoms with van der Waals surface area (Å²) in [7, 11) is 0. The lowest BCUT2D eigenvalue weighted by Crippen LogP contribution is -2.15. The van der Waals surface area contributed by atoms with E-state index in [1.54, 1.807) is 6.20 Å². The molecule has 2 aromatic heterocycles. The summed E-state index contributed by atoms with van der Waals surface area (Å²) in [6.45, 7) is 5.80. The van der Waals surface area contributed by atoms with Gasteiger partial charge in [0.1, 0.15) is 24.5 Å². The van der Waals surface area contributed by atoms with Crippen molar-refractivity contribution >= 4 is 35.2 Å². The molecule has 0 spiro atoms. The number of aromatic nitrogens is 2. The van der Waals surface area contributed by atoms with E-state index in [-0.39, 0.29) is 5.78 Å². The number of benzene rings is 1. The minimum atomic E-state index is -0.102. The van der Waals surface area contributed by atoms with Crippen molar-refractivity contribution in [3.05, 3.63) is 69.8 Å². The van der Waals surface area contributed by atoms with Crippen LogP contribution in [0.4, 0.5) is 5.82 Å². The molecule has 0 saturated carbocycles. The van der Waals surface area contributed by atoms with Crippen molar-refractivity contribution < 1.29 is 13.7 Å². The molecule has 2 heterocycles. The fourth-order valence-corrected chi connectivity index (χ4v) is 4.28. The van der Waals surface area contributed by atoms with Gasteiger partial charge in [0, 0.05) is 18.3 Å². The summed E-state index contributed by atoms with van der Waals surface area (Å²) >= 11 is 2.29. The Morgan fingerprint density at radius 2 is 2.19 bits per heavy atom. The zero-order valence-corrected chi connectivity index (χ0v) is 19.9. The number of nitrogens with two attached hydrogens (primary N) is 1. The predicted octanol–water partition coefficient (Wildman–Crippen LogP) is 5.02. The van der Waals surface area contributed by atoms with Gasteiger partial charge in [0.15, 0.2) is 0 Å². The molecule has 32 heavy (non-hydrogen) atoms. The van der Waals surface area contributed by atoms with Crippen LogP contribution in [-0.4, -0.2) is 28.9 Å². The first kappa shape index (κ1) is 24.2. The Balaban J connectivity index is 1.61. The number of rotatable bonds is 13. The lowest BCUT2D eigenvalue weighted by molar-refractivity contribution is 0.104. The fraction of sp³-hybridized carbons (Fsp3) is 0.348. The van der Waals surface area contributed by atoms with Gasteiger partial charge in [-0.05, 0) is 42.3 Å². The van der Waals surface area contributed by atoms with Crippen LogP contribution in [0, 0.1) is 12.8 Å². The molecule has 3 rings (SSSR count). The summed E-state index contributed by atoms with van der Waals surface area (Å²) in [4.78, 5) is 22.1. The van der Waals surface area contributed by atoms with Gasteiger partial charge < -0.3 is 14.2 Å². The molecule has 0 fully saturated rings.